The Labute approximate surface area is 104 Å². The van der Waals surface area contributed by atoms with E-state index in [4.69, 9.17) is 4.74 Å². The smallest absolute Gasteiger partial charge is 0.130 e. The van der Waals surface area contributed by atoms with E-state index in [2.05, 4.69) is 17.1 Å². The van der Waals surface area contributed by atoms with Crippen molar-refractivity contribution in [3.63, 3.8) is 0 Å². The van der Waals surface area contributed by atoms with Crippen LogP contribution in [-0.4, -0.2) is 4.98 Å². The van der Waals surface area contributed by atoms with Gasteiger partial charge in [0, 0.05) is 17.1 Å². The molecule has 17 heavy (non-hydrogen) atoms. The maximum atomic E-state index is 5.75. The summed E-state index contributed by atoms with van der Waals surface area (Å²) < 4.78 is 5.75. The lowest BCUT2D eigenvalue weighted by atomic mass is 10.2. The molecule has 2 heterocycles. The number of fused-ring (bicyclic) bond motifs is 1. The molecule has 0 saturated carbocycles. The van der Waals surface area contributed by atoms with Crippen LogP contribution >= 0.6 is 11.3 Å². The molecule has 0 atom stereocenters. The van der Waals surface area contributed by atoms with Crippen LogP contribution in [0.2, 0.25) is 0 Å². The molecule has 0 unspecified atom stereocenters. The maximum absolute atomic E-state index is 5.75. The summed E-state index contributed by atoms with van der Waals surface area (Å²) in [4.78, 5) is 4.24. The van der Waals surface area contributed by atoms with E-state index in [0.29, 0.717) is 6.61 Å². The Morgan fingerprint density at radius 3 is 2.88 bits per heavy atom. The Balaban J connectivity index is 1.75. The second-order valence-electron chi connectivity index (χ2n) is 3.76. The van der Waals surface area contributed by atoms with Crippen molar-refractivity contribution in [2.45, 2.75) is 6.61 Å². The Kier molecular flexibility index (Phi) is 2.76. The third-order valence-corrected chi connectivity index (χ3v) is 3.44. The van der Waals surface area contributed by atoms with Gasteiger partial charge in [-0.05, 0) is 17.7 Å². The first-order valence-electron chi connectivity index (χ1n) is 5.42. The number of nitrogens with zero attached hydrogens (tertiary/aromatic N) is 1. The highest BCUT2D eigenvalue weighted by Gasteiger charge is 2.05. The van der Waals surface area contributed by atoms with E-state index in [-0.39, 0.29) is 0 Å². The fourth-order valence-corrected chi connectivity index (χ4v) is 2.41. The third-order valence-electron chi connectivity index (χ3n) is 2.53. The molecule has 84 valence electrons. The standard InChI is InChI=1S/C14H11NOS/c1-2-4-11(5-3-1)9-16-13-8-12-6-7-15-14(12)17-10-13/h1-8,10H,9H2. The van der Waals surface area contributed by atoms with Gasteiger partial charge in [-0.25, -0.2) is 4.98 Å². The van der Waals surface area contributed by atoms with Crippen LogP contribution in [0.5, 0.6) is 5.75 Å². The van der Waals surface area contributed by atoms with Crippen molar-refractivity contribution in [3.05, 3.63) is 59.6 Å². The van der Waals surface area contributed by atoms with Gasteiger partial charge in [0.05, 0.1) is 0 Å². The molecule has 0 aromatic heterocycles. The highest BCUT2D eigenvalue weighted by molar-refractivity contribution is 7.13. The monoisotopic (exact) mass is 241 g/mol. The van der Waals surface area contributed by atoms with Crippen molar-refractivity contribution in [3.8, 4) is 16.3 Å². The van der Waals surface area contributed by atoms with Crippen molar-refractivity contribution < 1.29 is 4.74 Å². The molecule has 1 aromatic rings. The van der Waals surface area contributed by atoms with Gasteiger partial charge in [-0.1, -0.05) is 30.3 Å². The lowest BCUT2D eigenvalue weighted by molar-refractivity contribution is 0.307. The first-order chi connectivity index (χ1) is 8.42. The molecule has 2 aliphatic heterocycles. The fraction of sp³-hybridized carbons (Fsp3) is 0.0714. The van der Waals surface area contributed by atoms with Gasteiger partial charge in [0.2, 0.25) is 0 Å². The Morgan fingerprint density at radius 2 is 2.00 bits per heavy atom. The second kappa shape index (κ2) is 4.55. The fourth-order valence-electron chi connectivity index (χ4n) is 1.66. The quantitative estimate of drug-likeness (QED) is 0.695. The molecular formula is C14H11NOS. The first kappa shape index (κ1) is 10.3. The molecule has 0 bridgehead atoms. The van der Waals surface area contributed by atoms with E-state index in [1.807, 2.05) is 41.9 Å². The first-order valence-corrected chi connectivity index (χ1v) is 6.30. The number of rotatable bonds is 3. The minimum Gasteiger partial charge on any atom is -0.488 e. The normalized spacial score (nSPS) is 10.6. The number of aromatic nitrogens is 1. The van der Waals surface area contributed by atoms with Gasteiger partial charge in [-0.15, -0.1) is 11.3 Å². The molecule has 0 saturated heterocycles. The zero-order valence-corrected chi connectivity index (χ0v) is 9.98. The van der Waals surface area contributed by atoms with Crippen LogP contribution in [0.4, 0.5) is 0 Å². The van der Waals surface area contributed by atoms with Crippen molar-refractivity contribution in [2.24, 2.45) is 0 Å². The molecule has 3 rings (SSSR count). The van der Waals surface area contributed by atoms with Crippen molar-refractivity contribution in [1.29, 1.82) is 0 Å². The van der Waals surface area contributed by atoms with Crippen LogP contribution in [0, 0.1) is 0 Å². The summed E-state index contributed by atoms with van der Waals surface area (Å²) in [6.45, 7) is 0.604. The van der Waals surface area contributed by atoms with E-state index in [1.54, 1.807) is 11.3 Å². The maximum Gasteiger partial charge on any atom is 0.130 e. The molecule has 0 aliphatic carbocycles. The van der Waals surface area contributed by atoms with Gasteiger partial charge < -0.3 is 4.74 Å². The van der Waals surface area contributed by atoms with Gasteiger partial charge in [-0.2, -0.15) is 0 Å². The van der Waals surface area contributed by atoms with Crippen LogP contribution in [0.1, 0.15) is 5.56 Å². The molecule has 2 aliphatic rings. The van der Waals surface area contributed by atoms with Gasteiger partial charge in [0.1, 0.15) is 17.4 Å². The molecule has 0 radical (unpaired) electrons. The Hall–Kier alpha value is -1.87. The number of hydrogen-bond acceptors (Lipinski definition) is 3. The Morgan fingerprint density at radius 1 is 1.12 bits per heavy atom. The average molecular weight is 241 g/mol. The van der Waals surface area contributed by atoms with E-state index in [0.717, 1.165) is 16.3 Å². The van der Waals surface area contributed by atoms with E-state index in [1.165, 1.54) is 5.56 Å². The average Bonchev–Trinajstić information content (AvgIpc) is 2.85. The minimum atomic E-state index is 0.604. The van der Waals surface area contributed by atoms with Crippen LogP contribution in [-0.2, 0) is 6.61 Å². The van der Waals surface area contributed by atoms with Crippen molar-refractivity contribution >= 4 is 11.3 Å². The van der Waals surface area contributed by atoms with E-state index >= 15 is 0 Å². The van der Waals surface area contributed by atoms with Gasteiger partial charge in [-0.3, -0.25) is 0 Å². The summed E-state index contributed by atoms with van der Waals surface area (Å²) in [6, 6.07) is 14.2. The van der Waals surface area contributed by atoms with Crippen molar-refractivity contribution in [2.75, 3.05) is 0 Å². The summed E-state index contributed by atoms with van der Waals surface area (Å²) in [6.07, 6.45) is 1.82. The highest BCUT2D eigenvalue weighted by atomic mass is 32.1. The summed E-state index contributed by atoms with van der Waals surface area (Å²) in [5, 5.41) is 3.05. The number of benzene rings is 1. The number of hydrogen-bond donors (Lipinski definition) is 0. The van der Waals surface area contributed by atoms with E-state index in [9.17, 15) is 0 Å². The van der Waals surface area contributed by atoms with Gasteiger partial charge >= 0.3 is 0 Å². The summed E-state index contributed by atoms with van der Waals surface area (Å²) in [5.74, 6) is 0.902. The topological polar surface area (TPSA) is 22.1 Å². The van der Waals surface area contributed by atoms with Crippen LogP contribution < -0.4 is 4.74 Å². The lowest BCUT2D eigenvalue weighted by Gasteiger charge is -2.07. The molecule has 3 heteroatoms. The predicted octanol–water partition coefficient (Wildman–Crippen LogP) is 3.83. The van der Waals surface area contributed by atoms with Crippen molar-refractivity contribution in [1.82, 2.24) is 4.98 Å². The molecule has 0 amide bonds. The third kappa shape index (κ3) is 2.29. The van der Waals surface area contributed by atoms with E-state index < -0.39 is 0 Å². The summed E-state index contributed by atoms with van der Waals surface area (Å²) in [7, 11) is 0. The lowest BCUT2D eigenvalue weighted by Crippen LogP contribution is -1.94. The molecule has 1 aromatic carbocycles. The zero-order valence-electron chi connectivity index (χ0n) is 9.17. The van der Waals surface area contributed by atoms with Crippen LogP contribution in [0.15, 0.2) is 54.0 Å². The number of ether oxygens (including phenoxy) is 1. The molecule has 2 nitrogen and oxygen atoms in total. The SMILES string of the molecule is c1ccc(COc2csc3nccc-3c2)cc1. The minimum absolute atomic E-state index is 0.604. The van der Waals surface area contributed by atoms with Gasteiger partial charge in [0.15, 0.2) is 0 Å². The summed E-state index contributed by atoms with van der Waals surface area (Å²) >= 11 is 1.61. The highest BCUT2D eigenvalue weighted by Crippen LogP contribution is 2.29. The van der Waals surface area contributed by atoms with Crippen LogP contribution in [0.3, 0.4) is 0 Å². The molecule has 0 N–H and O–H groups in total. The molecular weight excluding hydrogens is 230 g/mol. The van der Waals surface area contributed by atoms with Gasteiger partial charge in [0.25, 0.3) is 0 Å². The summed E-state index contributed by atoms with van der Waals surface area (Å²) in [5.41, 5.74) is 2.32. The largest absolute Gasteiger partial charge is 0.488 e. The molecule has 0 fully saturated rings. The second-order valence-corrected chi connectivity index (χ2v) is 4.62. The molecule has 0 spiro atoms. The van der Waals surface area contributed by atoms with Crippen LogP contribution in [0.25, 0.3) is 10.6 Å². The Bertz CT molecular complexity index is 576. The zero-order chi connectivity index (χ0) is 11.5. The predicted molar refractivity (Wildman–Crippen MR) is 69.5 cm³/mol.